The molecule has 1 heterocycles. The van der Waals surface area contributed by atoms with Crippen LogP contribution in [-0.2, 0) is 13.0 Å². The molecule has 0 unspecified atom stereocenters. The summed E-state index contributed by atoms with van der Waals surface area (Å²) >= 11 is 5.08. The molecule has 2 aromatic rings. The standard InChI is InChI=1S/C17H22BrFN4S/c1-4-20-17(21-8-7-16-23-11(2)12(3)24-16)22-10-13-9-14(18)5-6-15(13)19/h5-6,9H,4,7-8,10H2,1-3H3,(H2,20,21,22). The second-order valence-corrected chi connectivity index (χ2v) is 7.56. The fraction of sp³-hybridized carbons (Fsp3) is 0.412. The number of nitrogens with zero attached hydrogens (tertiary/aromatic N) is 2. The molecular weight excluding hydrogens is 391 g/mol. The van der Waals surface area contributed by atoms with E-state index in [1.165, 1.54) is 10.9 Å². The van der Waals surface area contributed by atoms with Crippen molar-refractivity contribution < 1.29 is 4.39 Å². The highest BCUT2D eigenvalue weighted by molar-refractivity contribution is 9.10. The van der Waals surface area contributed by atoms with Crippen LogP contribution in [0.5, 0.6) is 0 Å². The Labute approximate surface area is 154 Å². The van der Waals surface area contributed by atoms with Crippen LogP contribution in [0.15, 0.2) is 27.7 Å². The summed E-state index contributed by atoms with van der Waals surface area (Å²) in [5, 5.41) is 7.57. The Morgan fingerprint density at radius 3 is 2.79 bits per heavy atom. The first-order valence-corrected chi connectivity index (χ1v) is 9.49. The van der Waals surface area contributed by atoms with Crippen molar-refractivity contribution in [1.82, 2.24) is 15.6 Å². The highest BCUT2D eigenvalue weighted by atomic mass is 79.9. The van der Waals surface area contributed by atoms with E-state index >= 15 is 0 Å². The summed E-state index contributed by atoms with van der Waals surface area (Å²) in [6.45, 7) is 7.89. The quantitative estimate of drug-likeness (QED) is 0.557. The molecule has 0 amide bonds. The van der Waals surface area contributed by atoms with Crippen LogP contribution in [-0.4, -0.2) is 24.0 Å². The summed E-state index contributed by atoms with van der Waals surface area (Å²) < 4.78 is 14.6. The number of aliphatic imine (C=N–C) groups is 1. The van der Waals surface area contributed by atoms with Gasteiger partial charge in [-0.25, -0.2) is 14.4 Å². The SMILES string of the molecule is CCNC(=NCc1cc(Br)ccc1F)NCCc1nc(C)c(C)s1. The van der Waals surface area contributed by atoms with E-state index in [0.717, 1.165) is 34.7 Å². The average Bonchev–Trinajstić information content (AvgIpc) is 2.86. The minimum Gasteiger partial charge on any atom is -0.357 e. The number of nitrogens with one attached hydrogen (secondary N) is 2. The number of aryl methyl sites for hydroxylation is 2. The van der Waals surface area contributed by atoms with Gasteiger partial charge in [-0.2, -0.15) is 0 Å². The van der Waals surface area contributed by atoms with E-state index in [1.807, 2.05) is 13.8 Å². The molecule has 7 heteroatoms. The maximum absolute atomic E-state index is 13.8. The second-order valence-electron chi connectivity index (χ2n) is 5.36. The zero-order valence-electron chi connectivity index (χ0n) is 14.1. The van der Waals surface area contributed by atoms with Gasteiger partial charge in [-0.05, 0) is 39.0 Å². The van der Waals surface area contributed by atoms with Gasteiger partial charge in [0.2, 0.25) is 0 Å². The highest BCUT2D eigenvalue weighted by Gasteiger charge is 2.05. The highest BCUT2D eigenvalue weighted by Crippen LogP contribution is 2.17. The predicted octanol–water partition coefficient (Wildman–Crippen LogP) is 3.96. The lowest BCUT2D eigenvalue weighted by Crippen LogP contribution is -2.38. The van der Waals surface area contributed by atoms with Gasteiger partial charge in [-0.1, -0.05) is 15.9 Å². The molecule has 0 radical (unpaired) electrons. The summed E-state index contributed by atoms with van der Waals surface area (Å²) in [4.78, 5) is 10.2. The lowest BCUT2D eigenvalue weighted by atomic mass is 10.2. The van der Waals surface area contributed by atoms with Crippen molar-refractivity contribution in [3.63, 3.8) is 0 Å². The molecule has 0 aliphatic carbocycles. The van der Waals surface area contributed by atoms with Crippen LogP contribution in [0.2, 0.25) is 0 Å². The van der Waals surface area contributed by atoms with Gasteiger partial charge >= 0.3 is 0 Å². The van der Waals surface area contributed by atoms with E-state index in [2.05, 4.69) is 43.5 Å². The van der Waals surface area contributed by atoms with Crippen LogP contribution < -0.4 is 10.6 Å². The first-order valence-electron chi connectivity index (χ1n) is 7.88. The Hall–Kier alpha value is -1.47. The third-order valence-electron chi connectivity index (χ3n) is 3.46. The van der Waals surface area contributed by atoms with Crippen molar-refractivity contribution in [3.05, 3.63) is 49.6 Å². The Balaban J connectivity index is 1.94. The van der Waals surface area contributed by atoms with Gasteiger partial charge in [0, 0.05) is 34.4 Å². The summed E-state index contributed by atoms with van der Waals surface area (Å²) in [6.07, 6.45) is 0.842. The summed E-state index contributed by atoms with van der Waals surface area (Å²) in [6, 6.07) is 4.88. The first kappa shape index (κ1) is 18.9. The maximum atomic E-state index is 13.8. The molecule has 1 aromatic heterocycles. The average molecular weight is 413 g/mol. The van der Waals surface area contributed by atoms with Crippen LogP contribution >= 0.6 is 27.3 Å². The Morgan fingerprint density at radius 1 is 1.33 bits per heavy atom. The van der Waals surface area contributed by atoms with E-state index in [4.69, 9.17) is 0 Å². The number of hydrogen-bond acceptors (Lipinski definition) is 3. The minimum atomic E-state index is -0.244. The van der Waals surface area contributed by atoms with Gasteiger partial charge in [0.25, 0.3) is 0 Å². The minimum absolute atomic E-state index is 0.244. The van der Waals surface area contributed by atoms with Crippen LogP contribution in [0.3, 0.4) is 0 Å². The van der Waals surface area contributed by atoms with Gasteiger partial charge in [0.15, 0.2) is 5.96 Å². The first-order chi connectivity index (χ1) is 11.5. The number of halogens is 2. The predicted molar refractivity (Wildman–Crippen MR) is 102 cm³/mol. The Morgan fingerprint density at radius 2 is 2.12 bits per heavy atom. The molecule has 0 saturated carbocycles. The number of rotatable bonds is 6. The molecule has 0 aliphatic heterocycles. The van der Waals surface area contributed by atoms with E-state index in [0.29, 0.717) is 11.5 Å². The second kappa shape index (κ2) is 9.13. The molecule has 0 saturated heterocycles. The van der Waals surface area contributed by atoms with Crippen LogP contribution in [0.25, 0.3) is 0 Å². The number of thiazole rings is 1. The summed E-state index contributed by atoms with van der Waals surface area (Å²) in [5.74, 6) is 0.438. The molecule has 0 fully saturated rings. The molecule has 0 bridgehead atoms. The molecule has 0 aliphatic rings. The van der Waals surface area contributed by atoms with E-state index in [9.17, 15) is 4.39 Å². The number of benzene rings is 1. The third kappa shape index (κ3) is 5.56. The normalized spacial score (nSPS) is 11.6. The van der Waals surface area contributed by atoms with Crippen molar-refractivity contribution in [2.75, 3.05) is 13.1 Å². The smallest absolute Gasteiger partial charge is 0.191 e. The van der Waals surface area contributed by atoms with E-state index < -0.39 is 0 Å². The van der Waals surface area contributed by atoms with Crippen LogP contribution in [0.4, 0.5) is 4.39 Å². The van der Waals surface area contributed by atoms with Gasteiger partial charge in [-0.3, -0.25) is 0 Å². The Bertz CT molecular complexity index is 695. The topological polar surface area (TPSA) is 49.3 Å². The molecular formula is C17H22BrFN4S. The number of hydrogen-bond donors (Lipinski definition) is 2. The summed E-state index contributed by atoms with van der Waals surface area (Å²) in [5.41, 5.74) is 1.66. The van der Waals surface area contributed by atoms with Gasteiger partial charge < -0.3 is 10.6 Å². The number of aromatic nitrogens is 1. The zero-order valence-corrected chi connectivity index (χ0v) is 16.5. The van der Waals surface area contributed by atoms with Crippen molar-refractivity contribution in [3.8, 4) is 0 Å². The van der Waals surface area contributed by atoms with Crippen LogP contribution in [0.1, 0.15) is 28.1 Å². The van der Waals surface area contributed by atoms with E-state index in [-0.39, 0.29) is 12.4 Å². The molecule has 4 nitrogen and oxygen atoms in total. The Kier molecular flexibility index (Phi) is 7.17. The van der Waals surface area contributed by atoms with Gasteiger partial charge in [0.05, 0.1) is 17.2 Å². The lowest BCUT2D eigenvalue weighted by Gasteiger charge is -2.11. The third-order valence-corrected chi connectivity index (χ3v) is 5.09. The monoisotopic (exact) mass is 412 g/mol. The molecule has 24 heavy (non-hydrogen) atoms. The fourth-order valence-corrected chi connectivity index (χ4v) is 3.45. The summed E-state index contributed by atoms with van der Waals surface area (Å²) in [7, 11) is 0. The van der Waals surface area contributed by atoms with Crippen LogP contribution in [0, 0.1) is 19.7 Å². The van der Waals surface area contributed by atoms with Gasteiger partial charge in [0.1, 0.15) is 5.82 Å². The molecule has 2 rings (SSSR count). The van der Waals surface area contributed by atoms with E-state index in [1.54, 1.807) is 23.5 Å². The molecule has 2 N–H and O–H groups in total. The molecule has 130 valence electrons. The van der Waals surface area contributed by atoms with Crippen molar-refractivity contribution in [2.45, 2.75) is 33.7 Å². The molecule has 0 spiro atoms. The lowest BCUT2D eigenvalue weighted by molar-refractivity contribution is 0.610. The molecule has 0 atom stereocenters. The zero-order chi connectivity index (χ0) is 17.5. The van der Waals surface area contributed by atoms with Crippen molar-refractivity contribution >= 4 is 33.2 Å². The van der Waals surface area contributed by atoms with Gasteiger partial charge in [-0.15, -0.1) is 11.3 Å². The van der Waals surface area contributed by atoms with Crippen molar-refractivity contribution in [2.24, 2.45) is 4.99 Å². The maximum Gasteiger partial charge on any atom is 0.191 e. The number of guanidine groups is 1. The van der Waals surface area contributed by atoms with Crippen molar-refractivity contribution in [1.29, 1.82) is 0 Å². The molecule has 1 aromatic carbocycles. The fourth-order valence-electron chi connectivity index (χ4n) is 2.10. The largest absolute Gasteiger partial charge is 0.357 e.